The van der Waals surface area contributed by atoms with Gasteiger partial charge in [0.2, 0.25) is 0 Å². The molecule has 116 valence electrons. The van der Waals surface area contributed by atoms with Gasteiger partial charge in [-0.1, -0.05) is 41.5 Å². The Morgan fingerprint density at radius 3 is 2.36 bits per heavy atom. The van der Waals surface area contributed by atoms with Crippen molar-refractivity contribution in [3.05, 3.63) is 64.2 Å². The average molecular weight is 298 g/mol. The topological polar surface area (TPSA) is 46.5 Å². The van der Waals surface area contributed by atoms with Gasteiger partial charge in [-0.3, -0.25) is 4.79 Å². The van der Waals surface area contributed by atoms with Crippen LogP contribution in [-0.2, 0) is 11.2 Å². The van der Waals surface area contributed by atoms with Crippen molar-refractivity contribution >= 4 is 5.97 Å². The molecule has 2 aromatic carbocycles. The molecule has 0 aliphatic heterocycles. The quantitative estimate of drug-likeness (QED) is 0.906. The Hall–Kier alpha value is -2.29. The summed E-state index contributed by atoms with van der Waals surface area (Å²) in [5.41, 5.74) is 4.97. The molecule has 22 heavy (non-hydrogen) atoms. The number of carboxylic acids is 1. The largest absolute Gasteiger partial charge is 0.496 e. The van der Waals surface area contributed by atoms with Crippen molar-refractivity contribution < 1.29 is 14.6 Å². The second kappa shape index (κ2) is 6.65. The number of methoxy groups -OCH3 is 1. The molecule has 3 nitrogen and oxygen atoms in total. The van der Waals surface area contributed by atoms with Gasteiger partial charge < -0.3 is 9.84 Å². The normalized spacial score (nSPS) is 12.0. The summed E-state index contributed by atoms with van der Waals surface area (Å²) in [5, 5.41) is 9.70. The maximum Gasteiger partial charge on any atom is 0.311 e. The zero-order valence-corrected chi connectivity index (χ0v) is 13.5. The molecule has 0 heterocycles. The van der Waals surface area contributed by atoms with Crippen molar-refractivity contribution in [2.75, 3.05) is 7.11 Å². The molecule has 0 saturated carbocycles. The van der Waals surface area contributed by atoms with Crippen LogP contribution in [0.1, 0.15) is 33.7 Å². The summed E-state index contributed by atoms with van der Waals surface area (Å²) in [6.45, 7) is 5.93. The molecule has 1 N–H and O–H groups in total. The summed E-state index contributed by atoms with van der Waals surface area (Å²) >= 11 is 0. The Morgan fingerprint density at radius 1 is 1.09 bits per heavy atom. The number of hydrogen-bond acceptors (Lipinski definition) is 2. The molecule has 0 amide bonds. The van der Waals surface area contributed by atoms with E-state index in [1.54, 1.807) is 7.11 Å². The van der Waals surface area contributed by atoms with Crippen LogP contribution in [-0.4, -0.2) is 18.2 Å². The first-order chi connectivity index (χ1) is 10.4. The van der Waals surface area contributed by atoms with E-state index >= 15 is 0 Å². The number of hydrogen-bond donors (Lipinski definition) is 1. The molecule has 0 fully saturated rings. The Morgan fingerprint density at radius 2 is 1.73 bits per heavy atom. The number of ether oxygens (including phenoxy) is 1. The van der Waals surface area contributed by atoms with Crippen LogP contribution in [0.2, 0.25) is 0 Å². The van der Waals surface area contributed by atoms with E-state index in [0.29, 0.717) is 6.42 Å². The van der Waals surface area contributed by atoms with Gasteiger partial charge in [-0.15, -0.1) is 0 Å². The maximum absolute atomic E-state index is 11.8. The van der Waals surface area contributed by atoms with E-state index < -0.39 is 11.9 Å². The highest BCUT2D eigenvalue weighted by Crippen LogP contribution is 2.30. The van der Waals surface area contributed by atoms with E-state index in [-0.39, 0.29) is 0 Å². The summed E-state index contributed by atoms with van der Waals surface area (Å²) in [7, 11) is 1.61. The van der Waals surface area contributed by atoms with Gasteiger partial charge in [0.1, 0.15) is 5.75 Å². The monoisotopic (exact) mass is 298 g/mol. The maximum atomic E-state index is 11.8. The van der Waals surface area contributed by atoms with Gasteiger partial charge in [-0.05, 0) is 49.9 Å². The van der Waals surface area contributed by atoms with Gasteiger partial charge in [-0.2, -0.15) is 0 Å². The Kier molecular flexibility index (Phi) is 4.86. The first-order valence-corrected chi connectivity index (χ1v) is 7.36. The van der Waals surface area contributed by atoms with Crippen molar-refractivity contribution in [3.8, 4) is 5.75 Å². The molecule has 0 aliphatic carbocycles. The summed E-state index contributed by atoms with van der Waals surface area (Å²) in [6.07, 6.45) is 0.421. The van der Waals surface area contributed by atoms with Gasteiger partial charge in [-0.25, -0.2) is 0 Å². The minimum atomic E-state index is -0.808. The standard InChI is InChI=1S/C19H22O3/c1-12-6-8-18(22-4)15(9-12)11-17(19(20)21)16-10-13(2)5-7-14(16)3/h5-10,17H,11H2,1-4H3,(H,20,21). The zero-order valence-electron chi connectivity index (χ0n) is 13.5. The first kappa shape index (κ1) is 16.1. The van der Waals surface area contributed by atoms with Gasteiger partial charge in [0.25, 0.3) is 0 Å². The molecule has 2 rings (SSSR count). The van der Waals surface area contributed by atoms with E-state index in [4.69, 9.17) is 4.74 Å². The van der Waals surface area contributed by atoms with Gasteiger partial charge in [0.15, 0.2) is 0 Å². The molecule has 2 aromatic rings. The molecule has 0 aromatic heterocycles. The van der Waals surface area contributed by atoms with Crippen LogP contribution in [0.25, 0.3) is 0 Å². The lowest BCUT2D eigenvalue weighted by Crippen LogP contribution is -2.16. The Bertz CT molecular complexity index is 689. The molecule has 0 aliphatic rings. The molecule has 1 atom stereocenters. The van der Waals surface area contributed by atoms with Crippen LogP contribution in [0.3, 0.4) is 0 Å². The smallest absolute Gasteiger partial charge is 0.311 e. The number of rotatable bonds is 5. The van der Waals surface area contributed by atoms with E-state index in [1.807, 2.05) is 57.2 Å². The zero-order chi connectivity index (χ0) is 16.3. The predicted octanol–water partition coefficient (Wildman–Crippen LogP) is 4.03. The van der Waals surface area contributed by atoms with Gasteiger partial charge >= 0.3 is 5.97 Å². The highest BCUT2D eigenvalue weighted by atomic mass is 16.5. The molecule has 0 bridgehead atoms. The van der Waals surface area contributed by atoms with Gasteiger partial charge in [0, 0.05) is 0 Å². The lowest BCUT2D eigenvalue weighted by Gasteiger charge is -2.18. The summed E-state index contributed by atoms with van der Waals surface area (Å²) in [4.78, 5) is 11.8. The Balaban J connectivity index is 2.44. The molecule has 0 radical (unpaired) electrons. The number of benzene rings is 2. The third kappa shape index (κ3) is 3.48. The van der Waals surface area contributed by atoms with E-state index in [9.17, 15) is 9.90 Å². The fourth-order valence-electron chi connectivity index (χ4n) is 2.75. The van der Waals surface area contributed by atoms with E-state index in [1.165, 1.54) is 0 Å². The van der Waals surface area contributed by atoms with Crippen molar-refractivity contribution in [2.45, 2.75) is 33.1 Å². The predicted molar refractivity (Wildman–Crippen MR) is 87.7 cm³/mol. The Labute approximate surface area is 131 Å². The van der Waals surface area contributed by atoms with Crippen LogP contribution in [0, 0.1) is 20.8 Å². The molecule has 0 spiro atoms. The number of carbonyl (C=O) groups is 1. The van der Waals surface area contributed by atoms with Crippen molar-refractivity contribution in [2.24, 2.45) is 0 Å². The fraction of sp³-hybridized carbons (Fsp3) is 0.316. The molecule has 1 unspecified atom stereocenters. The third-order valence-corrected chi connectivity index (χ3v) is 3.97. The first-order valence-electron chi connectivity index (χ1n) is 7.36. The van der Waals surface area contributed by atoms with Crippen LogP contribution in [0.4, 0.5) is 0 Å². The molecular formula is C19H22O3. The SMILES string of the molecule is COc1ccc(C)cc1CC(C(=O)O)c1cc(C)ccc1C. The number of aryl methyl sites for hydroxylation is 3. The van der Waals surface area contributed by atoms with Crippen LogP contribution < -0.4 is 4.74 Å². The van der Waals surface area contributed by atoms with E-state index in [2.05, 4.69) is 0 Å². The highest BCUT2D eigenvalue weighted by Gasteiger charge is 2.23. The molecular weight excluding hydrogens is 276 g/mol. The fourth-order valence-corrected chi connectivity index (χ4v) is 2.75. The van der Waals surface area contributed by atoms with Crippen molar-refractivity contribution in [1.29, 1.82) is 0 Å². The summed E-state index contributed by atoms with van der Waals surface area (Å²) in [6, 6.07) is 11.8. The highest BCUT2D eigenvalue weighted by molar-refractivity contribution is 5.77. The number of carboxylic acid groups (broad SMARTS) is 1. The molecule has 3 heteroatoms. The second-order valence-electron chi connectivity index (χ2n) is 5.77. The third-order valence-electron chi connectivity index (χ3n) is 3.97. The van der Waals surface area contributed by atoms with Crippen molar-refractivity contribution in [1.82, 2.24) is 0 Å². The average Bonchev–Trinajstić information content (AvgIpc) is 2.47. The summed E-state index contributed by atoms with van der Waals surface area (Å²) in [5.74, 6) is -0.644. The van der Waals surface area contributed by atoms with Gasteiger partial charge in [0.05, 0.1) is 13.0 Å². The van der Waals surface area contributed by atoms with Crippen molar-refractivity contribution in [3.63, 3.8) is 0 Å². The van der Waals surface area contributed by atoms with Crippen LogP contribution in [0.5, 0.6) is 5.75 Å². The van der Waals surface area contributed by atoms with E-state index in [0.717, 1.165) is 33.6 Å². The lowest BCUT2D eigenvalue weighted by molar-refractivity contribution is -0.138. The molecule has 0 saturated heterocycles. The van der Waals surface area contributed by atoms with Crippen LogP contribution >= 0.6 is 0 Å². The lowest BCUT2D eigenvalue weighted by atomic mass is 9.87. The minimum absolute atomic E-state index is 0.421. The number of aliphatic carboxylic acids is 1. The summed E-state index contributed by atoms with van der Waals surface area (Å²) < 4.78 is 5.38. The van der Waals surface area contributed by atoms with Crippen LogP contribution in [0.15, 0.2) is 36.4 Å². The minimum Gasteiger partial charge on any atom is -0.496 e. The second-order valence-corrected chi connectivity index (χ2v) is 5.77.